The van der Waals surface area contributed by atoms with Gasteiger partial charge in [0.2, 0.25) is 0 Å². The van der Waals surface area contributed by atoms with E-state index in [1.165, 1.54) is 10.9 Å². The van der Waals surface area contributed by atoms with Crippen molar-refractivity contribution in [2.24, 2.45) is 0 Å². The molecule has 86 valence electrons. The Morgan fingerprint density at radius 2 is 2.19 bits per heavy atom. The first-order chi connectivity index (χ1) is 7.90. The lowest BCUT2D eigenvalue weighted by Crippen LogP contribution is -2.17. The quantitative estimate of drug-likeness (QED) is 0.576. The van der Waals surface area contributed by atoms with Crippen LogP contribution >= 0.6 is 0 Å². The second-order valence-electron chi connectivity index (χ2n) is 3.56. The Hall–Kier alpha value is -1.36. The van der Waals surface area contributed by atoms with Crippen LogP contribution < -0.4 is 5.48 Å². The summed E-state index contributed by atoms with van der Waals surface area (Å²) in [5.74, 6) is 0. The number of methoxy groups -OCH3 is 1. The van der Waals surface area contributed by atoms with Crippen LogP contribution in [-0.4, -0.2) is 25.3 Å². The van der Waals surface area contributed by atoms with Gasteiger partial charge in [0.1, 0.15) is 0 Å². The second kappa shape index (κ2) is 5.65. The van der Waals surface area contributed by atoms with E-state index < -0.39 is 0 Å². The summed E-state index contributed by atoms with van der Waals surface area (Å²) < 4.78 is 4.87. The fourth-order valence-electron chi connectivity index (χ4n) is 1.54. The highest BCUT2D eigenvalue weighted by molar-refractivity contribution is 5.79. The molecular formula is C12H16N2O2. The number of hydrogen-bond donors (Lipinski definition) is 2. The SMILES string of the molecule is COCCONCc1ccc2[nH]ccc2c1. The van der Waals surface area contributed by atoms with E-state index in [1.807, 2.05) is 6.20 Å². The fraction of sp³-hybridized carbons (Fsp3) is 0.333. The highest BCUT2D eigenvalue weighted by atomic mass is 16.7. The maximum Gasteiger partial charge on any atom is 0.0916 e. The van der Waals surface area contributed by atoms with E-state index in [-0.39, 0.29) is 0 Å². The number of rotatable bonds is 6. The lowest BCUT2D eigenvalue weighted by molar-refractivity contribution is 0.00348. The smallest absolute Gasteiger partial charge is 0.0916 e. The number of H-pyrrole nitrogens is 1. The van der Waals surface area contributed by atoms with Gasteiger partial charge in [-0.2, -0.15) is 5.48 Å². The standard InChI is InChI=1S/C12H16N2O2/c1-15-6-7-16-14-9-10-2-3-12-11(8-10)4-5-13-12/h2-5,8,13-14H,6-7,9H2,1H3. The molecular weight excluding hydrogens is 204 g/mol. The third kappa shape index (κ3) is 2.82. The summed E-state index contributed by atoms with van der Waals surface area (Å²) in [6, 6.07) is 8.34. The van der Waals surface area contributed by atoms with Crippen LogP contribution in [0.2, 0.25) is 0 Å². The van der Waals surface area contributed by atoms with Crippen LogP contribution in [0, 0.1) is 0 Å². The molecule has 0 unspecified atom stereocenters. The zero-order valence-electron chi connectivity index (χ0n) is 9.32. The molecule has 2 aromatic rings. The van der Waals surface area contributed by atoms with E-state index in [0.29, 0.717) is 19.8 Å². The van der Waals surface area contributed by atoms with Gasteiger partial charge >= 0.3 is 0 Å². The largest absolute Gasteiger partial charge is 0.382 e. The number of hydroxylamine groups is 1. The van der Waals surface area contributed by atoms with Gasteiger partial charge in [-0.25, -0.2) is 0 Å². The van der Waals surface area contributed by atoms with E-state index >= 15 is 0 Å². The van der Waals surface area contributed by atoms with Crippen molar-refractivity contribution in [3.8, 4) is 0 Å². The van der Waals surface area contributed by atoms with Crippen molar-refractivity contribution >= 4 is 10.9 Å². The van der Waals surface area contributed by atoms with E-state index in [4.69, 9.17) is 9.57 Å². The van der Waals surface area contributed by atoms with Crippen LogP contribution in [0.5, 0.6) is 0 Å². The van der Waals surface area contributed by atoms with Crippen LogP contribution in [0.25, 0.3) is 10.9 Å². The van der Waals surface area contributed by atoms with Gasteiger partial charge in [-0.05, 0) is 29.1 Å². The minimum atomic E-state index is 0.558. The molecule has 1 aromatic carbocycles. The van der Waals surface area contributed by atoms with Crippen molar-refractivity contribution in [2.45, 2.75) is 6.54 Å². The Balaban J connectivity index is 1.84. The molecule has 4 heteroatoms. The van der Waals surface area contributed by atoms with Crippen molar-refractivity contribution in [3.63, 3.8) is 0 Å². The minimum Gasteiger partial charge on any atom is -0.382 e. The van der Waals surface area contributed by atoms with Crippen molar-refractivity contribution in [1.29, 1.82) is 0 Å². The number of fused-ring (bicyclic) bond motifs is 1. The van der Waals surface area contributed by atoms with Gasteiger partial charge in [-0.15, -0.1) is 0 Å². The lowest BCUT2D eigenvalue weighted by Gasteiger charge is -2.05. The zero-order chi connectivity index (χ0) is 11.2. The van der Waals surface area contributed by atoms with Crippen LogP contribution in [0.4, 0.5) is 0 Å². The first-order valence-electron chi connectivity index (χ1n) is 5.30. The number of ether oxygens (including phenoxy) is 1. The summed E-state index contributed by atoms with van der Waals surface area (Å²) in [7, 11) is 1.66. The number of aromatic amines is 1. The third-order valence-corrected chi connectivity index (χ3v) is 2.39. The molecule has 1 aromatic heterocycles. The molecule has 0 atom stereocenters. The Bertz CT molecular complexity index is 439. The van der Waals surface area contributed by atoms with Gasteiger partial charge < -0.3 is 9.72 Å². The molecule has 0 bridgehead atoms. The Morgan fingerprint density at radius 1 is 1.25 bits per heavy atom. The number of benzene rings is 1. The predicted octanol–water partition coefficient (Wildman–Crippen LogP) is 1.84. The molecule has 16 heavy (non-hydrogen) atoms. The highest BCUT2D eigenvalue weighted by Crippen LogP contribution is 2.13. The maximum atomic E-state index is 5.19. The summed E-state index contributed by atoms with van der Waals surface area (Å²) in [4.78, 5) is 8.35. The summed E-state index contributed by atoms with van der Waals surface area (Å²) in [5, 5.41) is 1.22. The molecule has 2 N–H and O–H groups in total. The van der Waals surface area contributed by atoms with Gasteiger partial charge in [-0.1, -0.05) is 6.07 Å². The van der Waals surface area contributed by atoms with Crippen molar-refractivity contribution < 1.29 is 9.57 Å². The third-order valence-electron chi connectivity index (χ3n) is 2.39. The van der Waals surface area contributed by atoms with Crippen molar-refractivity contribution in [2.75, 3.05) is 20.3 Å². The van der Waals surface area contributed by atoms with Crippen LogP contribution in [0.1, 0.15) is 5.56 Å². The first-order valence-corrected chi connectivity index (χ1v) is 5.30. The van der Waals surface area contributed by atoms with Crippen LogP contribution in [-0.2, 0) is 16.1 Å². The molecule has 2 rings (SSSR count). The molecule has 0 radical (unpaired) electrons. The van der Waals surface area contributed by atoms with Gasteiger partial charge in [0.15, 0.2) is 0 Å². The second-order valence-corrected chi connectivity index (χ2v) is 3.56. The van der Waals surface area contributed by atoms with Crippen LogP contribution in [0.15, 0.2) is 30.5 Å². The van der Waals surface area contributed by atoms with Gasteiger partial charge in [0.05, 0.1) is 13.2 Å². The maximum absolute atomic E-state index is 5.19. The average Bonchev–Trinajstić information content (AvgIpc) is 2.76. The normalized spacial score (nSPS) is 11.1. The molecule has 0 aliphatic rings. The zero-order valence-corrected chi connectivity index (χ0v) is 9.32. The van der Waals surface area contributed by atoms with Gasteiger partial charge in [0, 0.05) is 25.4 Å². The summed E-state index contributed by atoms with van der Waals surface area (Å²) in [5.41, 5.74) is 5.26. The molecule has 0 spiro atoms. The Labute approximate surface area is 94.5 Å². The molecule has 0 saturated carbocycles. The van der Waals surface area contributed by atoms with E-state index in [0.717, 1.165) is 5.52 Å². The molecule has 1 heterocycles. The molecule has 0 amide bonds. The van der Waals surface area contributed by atoms with Crippen LogP contribution in [0.3, 0.4) is 0 Å². The molecule has 0 aliphatic carbocycles. The lowest BCUT2D eigenvalue weighted by atomic mass is 10.1. The molecule has 4 nitrogen and oxygen atoms in total. The van der Waals surface area contributed by atoms with E-state index in [2.05, 4.69) is 34.7 Å². The first kappa shape index (κ1) is 11.1. The van der Waals surface area contributed by atoms with Gasteiger partial charge in [-0.3, -0.25) is 4.84 Å². The Kier molecular flexibility index (Phi) is 3.93. The summed E-state index contributed by atoms with van der Waals surface area (Å²) in [6.45, 7) is 1.86. The number of nitrogens with one attached hydrogen (secondary N) is 2. The molecule has 0 saturated heterocycles. The highest BCUT2D eigenvalue weighted by Gasteiger charge is 1.97. The number of hydrogen-bond acceptors (Lipinski definition) is 3. The molecule has 0 aliphatic heterocycles. The van der Waals surface area contributed by atoms with E-state index in [9.17, 15) is 0 Å². The van der Waals surface area contributed by atoms with E-state index in [1.54, 1.807) is 7.11 Å². The number of aromatic nitrogens is 1. The molecule has 0 fully saturated rings. The minimum absolute atomic E-state index is 0.558. The van der Waals surface area contributed by atoms with Gasteiger partial charge in [0.25, 0.3) is 0 Å². The van der Waals surface area contributed by atoms with Crippen molar-refractivity contribution in [3.05, 3.63) is 36.0 Å². The topological polar surface area (TPSA) is 46.3 Å². The Morgan fingerprint density at radius 3 is 3.06 bits per heavy atom. The van der Waals surface area contributed by atoms with Crippen molar-refractivity contribution in [1.82, 2.24) is 10.5 Å². The monoisotopic (exact) mass is 220 g/mol. The predicted molar refractivity (Wildman–Crippen MR) is 63.0 cm³/mol. The average molecular weight is 220 g/mol. The fourth-order valence-corrected chi connectivity index (χ4v) is 1.54. The summed E-state index contributed by atoms with van der Waals surface area (Å²) in [6.07, 6.45) is 1.94. The summed E-state index contributed by atoms with van der Waals surface area (Å²) >= 11 is 0.